The molecule has 0 unspecified atom stereocenters. The smallest absolute Gasteiger partial charge is 0.241 e. The fourth-order valence-corrected chi connectivity index (χ4v) is 4.71. The van der Waals surface area contributed by atoms with E-state index in [1.54, 1.807) is 30.3 Å². The fourth-order valence-electron chi connectivity index (χ4n) is 3.49. The molecule has 1 aliphatic carbocycles. The molecule has 1 N–H and O–H groups in total. The van der Waals surface area contributed by atoms with Crippen molar-refractivity contribution in [1.82, 2.24) is 14.5 Å². The number of nitrogens with zero attached hydrogens (tertiary/aromatic N) is 3. The molecule has 136 valence electrons. The van der Waals surface area contributed by atoms with Gasteiger partial charge in [-0.2, -0.15) is 10.4 Å². The maximum Gasteiger partial charge on any atom is 0.241 e. The van der Waals surface area contributed by atoms with Crippen molar-refractivity contribution in [2.45, 2.75) is 50.1 Å². The lowest BCUT2D eigenvalue weighted by Crippen LogP contribution is -2.32. The van der Waals surface area contributed by atoms with Gasteiger partial charge in [-0.1, -0.05) is 30.4 Å². The average molecular weight is 370 g/mol. The molecule has 2 atom stereocenters. The van der Waals surface area contributed by atoms with Crippen molar-refractivity contribution in [2.75, 3.05) is 0 Å². The Morgan fingerprint density at radius 3 is 2.69 bits per heavy atom. The van der Waals surface area contributed by atoms with Gasteiger partial charge in [-0.25, -0.2) is 13.1 Å². The van der Waals surface area contributed by atoms with Gasteiger partial charge in [0.05, 0.1) is 29.6 Å². The minimum atomic E-state index is -3.53. The molecule has 7 heteroatoms. The Morgan fingerprint density at radius 1 is 1.27 bits per heavy atom. The van der Waals surface area contributed by atoms with Crippen LogP contribution in [0.4, 0.5) is 0 Å². The van der Waals surface area contributed by atoms with Crippen LogP contribution in [0.15, 0.2) is 47.4 Å². The Kier molecular flexibility index (Phi) is 5.25. The molecule has 0 fully saturated rings. The fraction of sp³-hybridized carbons (Fsp3) is 0.368. The maximum atomic E-state index is 12.5. The number of rotatable bonds is 6. The third kappa shape index (κ3) is 3.71. The summed E-state index contributed by atoms with van der Waals surface area (Å²) in [7, 11) is -3.53. The Balaban J connectivity index is 1.73. The first-order valence-electron chi connectivity index (χ1n) is 8.59. The van der Waals surface area contributed by atoms with Crippen LogP contribution >= 0.6 is 0 Å². The van der Waals surface area contributed by atoms with E-state index in [1.165, 1.54) is 0 Å². The number of nitriles is 1. The third-order valence-electron chi connectivity index (χ3n) is 4.69. The predicted octanol–water partition coefficient (Wildman–Crippen LogP) is 2.80. The van der Waals surface area contributed by atoms with Crippen molar-refractivity contribution in [3.63, 3.8) is 0 Å². The van der Waals surface area contributed by atoms with Crippen molar-refractivity contribution in [1.29, 1.82) is 5.26 Å². The lowest BCUT2D eigenvalue weighted by Gasteiger charge is -2.15. The number of allylic oxidation sites excluding steroid dienone is 1. The largest absolute Gasteiger partial charge is 0.268 e. The SMILES string of the molecule is Cc1nn(CCC#N)c(C)c1[C@H]1C=C[C@@H](NS(=O)(=O)c2ccccc2)C1. The molecule has 1 aromatic carbocycles. The zero-order valence-electron chi connectivity index (χ0n) is 14.9. The highest BCUT2D eigenvalue weighted by molar-refractivity contribution is 7.89. The molecule has 0 saturated carbocycles. The molecule has 6 nitrogen and oxygen atoms in total. The molecule has 3 rings (SSSR count). The van der Waals surface area contributed by atoms with Crippen LogP contribution in [0.3, 0.4) is 0 Å². The van der Waals surface area contributed by atoms with Gasteiger partial charge in [0.25, 0.3) is 0 Å². The average Bonchev–Trinajstić information content (AvgIpc) is 3.17. The number of aromatic nitrogens is 2. The first kappa shape index (κ1) is 18.4. The van der Waals surface area contributed by atoms with Gasteiger partial charge in [-0.05, 0) is 32.4 Å². The number of nitrogens with one attached hydrogen (secondary N) is 1. The topological polar surface area (TPSA) is 87.8 Å². The number of hydrogen-bond acceptors (Lipinski definition) is 4. The van der Waals surface area contributed by atoms with Crippen LogP contribution in [-0.4, -0.2) is 24.2 Å². The van der Waals surface area contributed by atoms with Crippen LogP contribution in [0.25, 0.3) is 0 Å². The monoisotopic (exact) mass is 370 g/mol. The van der Waals surface area contributed by atoms with E-state index in [-0.39, 0.29) is 16.9 Å². The van der Waals surface area contributed by atoms with Crippen molar-refractivity contribution in [3.8, 4) is 6.07 Å². The van der Waals surface area contributed by atoms with E-state index in [0.29, 0.717) is 19.4 Å². The molecular formula is C19H22N4O2S. The van der Waals surface area contributed by atoms with Crippen molar-refractivity contribution in [2.24, 2.45) is 0 Å². The lowest BCUT2D eigenvalue weighted by molar-refractivity contribution is 0.563. The van der Waals surface area contributed by atoms with E-state index in [2.05, 4.69) is 15.9 Å². The molecule has 1 aliphatic rings. The minimum absolute atomic E-state index is 0.120. The van der Waals surface area contributed by atoms with Gasteiger partial charge in [0.15, 0.2) is 0 Å². The van der Waals surface area contributed by atoms with Crippen molar-refractivity contribution >= 4 is 10.0 Å². The summed E-state index contributed by atoms with van der Waals surface area (Å²) in [5, 5.41) is 13.3. The van der Waals surface area contributed by atoms with Gasteiger partial charge >= 0.3 is 0 Å². The second-order valence-corrected chi connectivity index (χ2v) is 8.20. The van der Waals surface area contributed by atoms with Gasteiger partial charge in [-0.3, -0.25) is 4.68 Å². The summed E-state index contributed by atoms with van der Waals surface area (Å²) in [5.74, 6) is 0.120. The number of sulfonamides is 1. The second-order valence-electron chi connectivity index (χ2n) is 6.48. The van der Waals surface area contributed by atoms with E-state index in [9.17, 15) is 8.42 Å². The van der Waals surface area contributed by atoms with Crippen LogP contribution in [0, 0.1) is 25.2 Å². The van der Waals surface area contributed by atoms with Crippen LogP contribution in [0.2, 0.25) is 0 Å². The Hall–Kier alpha value is -2.43. The molecule has 2 aromatic rings. The summed E-state index contributed by atoms with van der Waals surface area (Å²) >= 11 is 0. The van der Waals surface area contributed by atoms with Gasteiger partial charge < -0.3 is 0 Å². The van der Waals surface area contributed by atoms with Gasteiger partial charge in [-0.15, -0.1) is 0 Å². The van der Waals surface area contributed by atoms with Crippen molar-refractivity contribution < 1.29 is 8.42 Å². The minimum Gasteiger partial charge on any atom is -0.268 e. The Bertz CT molecular complexity index is 955. The highest BCUT2D eigenvalue weighted by Crippen LogP contribution is 2.33. The number of aryl methyl sites for hydroxylation is 2. The van der Waals surface area contributed by atoms with Gasteiger partial charge in [0.1, 0.15) is 0 Å². The van der Waals surface area contributed by atoms with Crippen molar-refractivity contribution in [3.05, 3.63) is 59.4 Å². The van der Waals surface area contributed by atoms with Gasteiger partial charge in [0, 0.05) is 23.2 Å². The molecule has 0 spiro atoms. The van der Waals surface area contributed by atoms with E-state index in [0.717, 1.165) is 17.0 Å². The van der Waals surface area contributed by atoms with Gasteiger partial charge in [0.2, 0.25) is 10.0 Å². The summed E-state index contributed by atoms with van der Waals surface area (Å²) < 4.78 is 29.6. The molecule has 0 radical (unpaired) electrons. The third-order valence-corrected chi connectivity index (χ3v) is 6.19. The van der Waals surface area contributed by atoms with Crippen LogP contribution in [0.5, 0.6) is 0 Å². The standard InChI is InChI=1S/C19H22N4O2S/c1-14-19(15(2)23(21-14)12-6-11-20)16-9-10-17(13-16)22-26(24,25)18-7-4-3-5-8-18/h3-5,7-10,16-17,22H,6,12-13H2,1-2H3/t16-,17+/m0/s1. The molecule has 0 saturated heterocycles. The first-order chi connectivity index (χ1) is 12.4. The van der Waals surface area contributed by atoms with Crippen LogP contribution in [0.1, 0.15) is 35.7 Å². The Labute approximate surface area is 154 Å². The number of benzene rings is 1. The maximum absolute atomic E-state index is 12.5. The zero-order valence-corrected chi connectivity index (χ0v) is 15.7. The highest BCUT2D eigenvalue weighted by atomic mass is 32.2. The van der Waals surface area contributed by atoms with E-state index in [1.807, 2.05) is 30.7 Å². The lowest BCUT2D eigenvalue weighted by atomic mass is 9.96. The molecule has 26 heavy (non-hydrogen) atoms. The first-order valence-corrected chi connectivity index (χ1v) is 10.1. The summed E-state index contributed by atoms with van der Waals surface area (Å²) in [4.78, 5) is 0.272. The molecule has 1 aromatic heterocycles. The molecule has 0 bridgehead atoms. The normalized spacial score (nSPS) is 19.6. The summed E-state index contributed by atoms with van der Waals surface area (Å²) in [6.45, 7) is 4.53. The molecular weight excluding hydrogens is 348 g/mol. The number of hydrogen-bond donors (Lipinski definition) is 1. The summed E-state index contributed by atoms with van der Waals surface area (Å²) in [6, 6.07) is 10.3. The highest BCUT2D eigenvalue weighted by Gasteiger charge is 2.28. The zero-order chi connectivity index (χ0) is 18.7. The predicted molar refractivity (Wildman–Crippen MR) is 99.0 cm³/mol. The molecule has 0 aliphatic heterocycles. The second kappa shape index (κ2) is 7.44. The van der Waals surface area contributed by atoms with E-state index >= 15 is 0 Å². The molecule has 1 heterocycles. The summed E-state index contributed by atoms with van der Waals surface area (Å²) in [5.41, 5.74) is 3.10. The van der Waals surface area contributed by atoms with E-state index in [4.69, 9.17) is 5.26 Å². The van der Waals surface area contributed by atoms with Crippen LogP contribution in [-0.2, 0) is 16.6 Å². The Morgan fingerprint density at radius 2 is 2.00 bits per heavy atom. The summed E-state index contributed by atoms with van der Waals surface area (Å²) in [6.07, 6.45) is 5.04. The quantitative estimate of drug-likeness (QED) is 0.792. The van der Waals surface area contributed by atoms with Crippen LogP contribution < -0.4 is 4.72 Å². The van der Waals surface area contributed by atoms with E-state index < -0.39 is 10.0 Å². The molecule has 0 amide bonds.